The molecule has 8 heteroatoms. The summed E-state index contributed by atoms with van der Waals surface area (Å²) in [6, 6.07) is 5.39. The van der Waals surface area contributed by atoms with Crippen LogP contribution in [0.15, 0.2) is 41.7 Å². The van der Waals surface area contributed by atoms with Gasteiger partial charge in [-0.25, -0.2) is 8.42 Å². The smallest absolute Gasteiger partial charge is 0.246 e. The topological polar surface area (TPSA) is 88.2 Å². The van der Waals surface area contributed by atoms with Crippen LogP contribution in [0.25, 0.3) is 0 Å². The van der Waals surface area contributed by atoms with Crippen LogP contribution < -0.4 is 0 Å². The Morgan fingerprint density at radius 1 is 1.40 bits per heavy atom. The van der Waals surface area contributed by atoms with Crippen LogP contribution in [-0.2, 0) is 21.3 Å². The second kappa shape index (κ2) is 6.60. The lowest BCUT2D eigenvalue weighted by Gasteiger charge is -2.20. The lowest BCUT2D eigenvalue weighted by atomic mass is 10.3. The minimum Gasteiger partial charge on any atom is -0.383 e. The van der Waals surface area contributed by atoms with E-state index in [0.29, 0.717) is 12.3 Å². The first-order valence-electron chi connectivity index (χ1n) is 6.02. The van der Waals surface area contributed by atoms with E-state index in [-0.39, 0.29) is 18.0 Å². The number of aromatic nitrogens is 3. The highest BCUT2D eigenvalue weighted by atomic mass is 32.2. The highest BCUT2D eigenvalue weighted by molar-refractivity contribution is 7.89. The van der Waals surface area contributed by atoms with Crippen LogP contribution in [0.5, 0.6) is 0 Å². The number of sulfonamides is 1. The minimum absolute atomic E-state index is 0.129. The molecule has 0 aromatic carbocycles. The van der Waals surface area contributed by atoms with Crippen molar-refractivity contribution in [2.24, 2.45) is 0 Å². The Bertz CT molecular complexity index is 613. The van der Waals surface area contributed by atoms with E-state index in [0.717, 1.165) is 0 Å². The fraction of sp³-hybridized carbons (Fsp3) is 0.333. The van der Waals surface area contributed by atoms with E-state index in [4.69, 9.17) is 4.74 Å². The predicted molar refractivity (Wildman–Crippen MR) is 72.3 cm³/mol. The number of hydrogen-bond acceptors (Lipinski definition) is 5. The van der Waals surface area contributed by atoms with Gasteiger partial charge in [0.1, 0.15) is 4.90 Å². The molecule has 7 nitrogen and oxygen atoms in total. The zero-order chi connectivity index (χ0) is 14.4. The van der Waals surface area contributed by atoms with Gasteiger partial charge in [-0.2, -0.15) is 9.40 Å². The van der Waals surface area contributed by atoms with Crippen molar-refractivity contribution in [3.63, 3.8) is 0 Å². The normalized spacial score (nSPS) is 11.9. The predicted octanol–water partition coefficient (Wildman–Crippen LogP) is 0.642. The Kier molecular flexibility index (Phi) is 4.83. The molecule has 0 aliphatic carbocycles. The Morgan fingerprint density at radius 3 is 2.85 bits per heavy atom. The van der Waals surface area contributed by atoms with E-state index >= 15 is 0 Å². The minimum atomic E-state index is -3.61. The molecule has 2 aromatic rings. The fourth-order valence-electron chi connectivity index (χ4n) is 1.68. The summed E-state index contributed by atoms with van der Waals surface area (Å²) in [5, 5.41) is 6.19. The Morgan fingerprint density at radius 2 is 2.25 bits per heavy atom. The van der Waals surface area contributed by atoms with Gasteiger partial charge >= 0.3 is 0 Å². The zero-order valence-corrected chi connectivity index (χ0v) is 11.9. The van der Waals surface area contributed by atoms with Gasteiger partial charge in [-0.3, -0.25) is 10.1 Å². The van der Waals surface area contributed by atoms with Gasteiger partial charge in [-0.05, 0) is 12.1 Å². The standard InChI is InChI=1S/C12H16N4O3S/c1-19-7-6-16(10-11-4-2-3-5-13-11)20(17,18)12-8-14-15-9-12/h2-5,8-9H,6-7,10H2,1H3,(H,14,15). The average molecular weight is 296 g/mol. The van der Waals surface area contributed by atoms with Crippen molar-refractivity contribution in [1.29, 1.82) is 0 Å². The number of nitrogens with zero attached hydrogens (tertiary/aromatic N) is 3. The van der Waals surface area contributed by atoms with E-state index in [9.17, 15) is 8.42 Å². The Balaban J connectivity index is 2.23. The molecule has 0 amide bonds. The monoisotopic (exact) mass is 296 g/mol. The van der Waals surface area contributed by atoms with Crippen molar-refractivity contribution < 1.29 is 13.2 Å². The first kappa shape index (κ1) is 14.6. The summed E-state index contributed by atoms with van der Waals surface area (Å²) in [5.74, 6) is 0. The summed E-state index contributed by atoms with van der Waals surface area (Å²) in [6.07, 6.45) is 4.27. The van der Waals surface area contributed by atoms with E-state index in [2.05, 4.69) is 15.2 Å². The van der Waals surface area contributed by atoms with Crippen LogP contribution in [0.4, 0.5) is 0 Å². The molecule has 0 atom stereocenters. The molecule has 0 saturated heterocycles. The molecular formula is C12H16N4O3S. The highest BCUT2D eigenvalue weighted by Gasteiger charge is 2.25. The fourth-order valence-corrected chi connectivity index (χ4v) is 2.98. The van der Waals surface area contributed by atoms with E-state index in [1.54, 1.807) is 18.3 Å². The molecular weight excluding hydrogens is 280 g/mol. The maximum atomic E-state index is 12.5. The molecule has 108 valence electrons. The largest absolute Gasteiger partial charge is 0.383 e. The molecule has 0 spiro atoms. The van der Waals surface area contributed by atoms with Crippen LogP contribution in [0.1, 0.15) is 5.69 Å². The first-order valence-corrected chi connectivity index (χ1v) is 7.46. The molecule has 20 heavy (non-hydrogen) atoms. The van der Waals surface area contributed by atoms with E-state index < -0.39 is 10.0 Å². The lowest BCUT2D eigenvalue weighted by Crippen LogP contribution is -2.33. The number of methoxy groups -OCH3 is 1. The van der Waals surface area contributed by atoms with E-state index in [1.807, 2.05) is 6.07 Å². The number of H-pyrrole nitrogens is 1. The molecule has 1 N–H and O–H groups in total. The van der Waals surface area contributed by atoms with Crippen LogP contribution in [-0.4, -0.2) is 48.2 Å². The SMILES string of the molecule is COCCN(Cc1ccccn1)S(=O)(=O)c1cn[nH]c1. The summed E-state index contributed by atoms with van der Waals surface area (Å²) in [5.41, 5.74) is 0.677. The number of hydrogen-bond donors (Lipinski definition) is 1. The van der Waals surface area contributed by atoms with Crippen molar-refractivity contribution in [1.82, 2.24) is 19.5 Å². The maximum Gasteiger partial charge on any atom is 0.246 e. The van der Waals surface area contributed by atoms with Crippen LogP contribution in [0.2, 0.25) is 0 Å². The van der Waals surface area contributed by atoms with Gasteiger partial charge in [-0.1, -0.05) is 6.07 Å². The average Bonchev–Trinajstić information content (AvgIpc) is 2.99. The van der Waals surface area contributed by atoms with Gasteiger partial charge in [0, 0.05) is 26.0 Å². The van der Waals surface area contributed by atoms with Gasteiger partial charge in [0.25, 0.3) is 0 Å². The van der Waals surface area contributed by atoms with Crippen LogP contribution >= 0.6 is 0 Å². The number of rotatable bonds is 7. The summed E-state index contributed by atoms with van der Waals surface area (Å²) in [6.45, 7) is 0.752. The zero-order valence-electron chi connectivity index (χ0n) is 11.1. The summed E-state index contributed by atoms with van der Waals surface area (Å²) in [4.78, 5) is 4.28. The third kappa shape index (κ3) is 3.41. The molecule has 2 aromatic heterocycles. The van der Waals surface area contributed by atoms with Crippen LogP contribution in [0, 0.1) is 0 Å². The third-order valence-electron chi connectivity index (χ3n) is 2.72. The quantitative estimate of drug-likeness (QED) is 0.810. The summed E-state index contributed by atoms with van der Waals surface area (Å²) >= 11 is 0. The number of pyridine rings is 1. The van der Waals surface area contributed by atoms with E-state index in [1.165, 1.54) is 23.8 Å². The molecule has 0 unspecified atom stereocenters. The van der Waals surface area contributed by atoms with Gasteiger partial charge in [0.15, 0.2) is 0 Å². The van der Waals surface area contributed by atoms with Crippen molar-refractivity contribution in [2.75, 3.05) is 20.3 Å². The van der Waals surface area contributed by atoms with Gasteiger partial charge in [-0.15, -0.1) is 0 Å². The van der Waals surface area contributed by atoms with Crippen molar-refractivity contribution in [3.05, 3.63) is 42.5 Å². The Labute approximate surface area is 117 Å². The van der Waals surface area contributed by atoms with Crippen LogP contribution in [0.3, 0.4) is 0 Å². The number of ether oxygens (including phenoxy) is 1. The third-order valence-corrected chi connectivity index (χ3v) is 4.53. The molecule has 0 radical (unpaired) electrons. The molecule has 0 fully saturated rings. The number of nitrogens with one attached hydrogen (secondary N) is 1. The van der Waals surface area contributed by atoms with Gasteiger partial charge in [0.2, 0.25) is 10.0 Å². The number of aromatic amines is 1. The van der Waals surface area contributed by atoms with Crippen molar-refractivity contribution in [2.45, 2.75) is 11.4 Å². The maximum absolute atomic E-state index is 12.5. The van der Waals surface area contributed by atoms with Gasteiger partial charge in [0.05, 0.1) is 25.0 Å². The molecule has 0 saturated carbocycles. The van der Waals surface area contributed by atoms with Crippen molar-refractivity contribution >= 4 is 10.0 Å². The molecule has 0 bridgehead atoms. The van der Waals surface area contributed by atoms with Crippen molar-refractivity contribution in [3.8, 4) is 0 Å². The second-order valence-electron chi connectivity index (χ2n) is 4.09. The molecule has 0 aliphatic rings. The molecule has 0 aliphatic heterocycles. The second-order valence-corrected chi connectivity index (χ2v) is 6.02. The van der Waals surface area contributed by atoms with Gasteiger partial charge < -0.3 is 4.74 Å². The molecule has 2 heterocycles. The highest BCUT2D eigenvalue weighted by Crippen LogP contribution is 2.16. The lowest BCUT2D eigenvalue weighted by molar-refractivity contribution is 0.177. The summed E-state index contributed by atoms with van der Waals surface area (Å²) in [7, 11) is -2.08. The summed E-state index contributed by atoms with van der Waals surface area (Å²) < 4.78 is 31.3. The Hall–Kier alpha value is -1.77. The first-order chi connectivity index (χ1) is 9.64. The molecule has 2 rings (SSSR count).